The van der Waals surface area contributed by atoms with Crippen LogP contribution >= 0.6 is 0 Å². The van der Waals surface area contributed by atoms with Crippen molar-refractivity contribution in [1.82, 2.24) is 5.32 Å². The second-order valence-corrected chi connectivity index (χ2v) is 5.04. The molecule has 1 aromatic carbocycles. The molecule has 17 heavy (non-hydrogen) atoms. The molecule has 0 saturated heterocycles. The lowest BCUT2D eigenvalue weighted by molar-refractivity contribution is 0.0523. The first-order chi connectivity index (χ1) is 7.78. The fourth-order valence-electron chi connectivity index (χ4n) is 1.40. The first-order valence-electron chi connectivity index (χ1n) is 5.60. The molecule has 1 rings (SSSR count). The van der Waals surface area contributed by atoms with Crippen LogP contribution in [0.4, 0.5) is 10.5 Å². The molecular formula is C13H20N2O2. The van der Waals surface area contributed by atoms with Crippen molar-refractivity contribution in [1.29, 1.82) is 0 Å². The molecule has 0 saturated carbocycles. The van der Waals surface area contributed by atoms with Crippen molar-refractivity contribution in [2.24, 2.45) is 0 Å². The van der Waals surface area contributed by atoms with Crippen molar-refractivity contribution in [2.45, 2.75) is 39.8 Å². The van der Waals surface area contributed by atoms with Gasteiger partial charge in [0, 0.05) is 12.2 Å². The van der Waals surface area contributed by atoms with Gasteiger partial charge in [-0.15, -0.1) is 0 Å². The lowest BCUT2D eigenvalue weighted by Gasteiger charge is -2.20. The molecule has 0 unspecified atom stereocenters. The molecule has 0 radical (unpaired) electrons. The van der Waals surface area contributed by atoms with Crippen molar-refractivity contribution in [3.05, 3.63) is 29.3 Å². The molecule has 0 bridgehead atoms. The summed E-state index contributed by atoms with van der Waals surface area (Å²) in [5.41, 5.74) is 8.00. The number of benzene rings is 1. The van der Waals surface area contributed by atoms with E-state index in [2.05, 4.69) is 5.32 Å². The number of amides is 1. The number of ether oxygens (including phenoxy) is 1. The van der Waals surface area contributed by atoms with Crippen molar-refractivity contribution in [2.75, 3.05) is 5.73 Å². The third kappa shape index (κ3) is 4.76. The van der Waals surface area contributed by atoms with Crippen LogP contribution in [0.15, 0.2) is 18.2 Å². The Morgan fingerprint density at radius 3 is 2.59 bits per heavy atom. The van der Waals surface area contributed by atoms with Crippen LogP contribution in [0, 0.1) is 6.92 Å². The molecule has 94 valence electrons. The van der Waals surface area contributed by atoms with Gasteiger partial charge < -0.3 is 15.8 Å². The summed E-state index contributed by atoms with van der Waals surface area (Å²) in [7, 11) is 0. The minimum absolute atomic E-state index is 0.409. The Hall–Kier alpha value is -1.71. The summed E-state index contributed by atoms with van der Waals surface area (Å²) < 4.78 is 5.15. The number of hydrogen-bond donors (Lipinski definition) is 2. The van der Waals surface area contributed by atoms with Gasteiger partial charge >= 0.3 is 6.09 Å². The summed E-state index contributed by atoms with van der Waals surface area (Å²) in [6.45, 7) is 7.91. The molecule has 0 spiro atoms. The third-order valence-corrected chi connectivity index (χ3v) is 2.19. The van der Waals surface area contributed by atoms with E-state index in [4.69, 9.17) is 10.5 Å². The molecule has 4 heteroatoms. The van der Waals surface area contributed by atoms with E-state index in [1.807, 2.05) is 45.9 Å². The maximum Gasteiger partial charge on any atom is 0.407 e. The highest BCUT2D eigenvalue weighted by Gasteiger charge is 2.15. The molecule has 0 aliphatic heterocycles. The van der Waals surface area contributed by atoms with Gasteiger partial charge in [0.1, 0.15) is 5.60 Å². The molecular weight excluding hydrogens is 216 g/mol. The van der Waals surface area contributed by atoms with E-state index in [0.717, 1.165) is 16.8 Å². The van der Waals surface area contributed by atoms with E-state index in [1.54, 1.807) is 0 Å². The highest BCUT2D eigenvalue weighted by molar-refractivity contribution is 5.67. The van der Waals surface area contributed by atoms with Gasteiger partial charge in [-0.25, -0.2) is 4.79 Å². The standard InChI is InChI=1S/C13H20N2O2/c1-9-7-11(14)6-5-10(9)8-15-12(16)17-13(2,3)4/h5-7H,8,14H2,1-4H3,(H,15,16). The largest absolute Gasteiger partial charge is 0.444 e. The molecule has 0 fully saturated rings. The van der Waals surface area contributed by atoms with Crippen molar-refractivity contribution < 1.29 is 9.53 Å². The van der Waals surface area contributed by atoms with Gasteiger partial charge in [0.05, 0.1) is 0 Å². The summed E-state index contributed by atoms with van der Waals surface area (Å²) in [5.74, 6) is 0. The van der Waals surface area contributed by atoms with Crippen LogP contribution in [0.2, 0.25) is 0 Å². The van der Waals surface area contributed by atoms with Crippen molar-refractivity contribution in [3.8, 4) is 0 Å². The molecule has 3 N–H and O–H groups in total. The van der Waals surface area contributed by atoms with E-state index in [0.29, 0.717) is 6.54 Å². The van der Waals surface area contributed by atoms with Crippen LogP contribution in [0.25, 0.3) is 0 Å². The van der Waals surface area contributed by atoms with E-state index in [-0.39, 0.29) is 0 Å². The third-order valence-electron chi connectivity index (χ3n) is 2.19. The number of carbonyl (C=O) groups is 1. The lowest BCUT2D eigenvalue weighted by atomic mass is 10.1. The van der Waals surface area contributed by atoms with Gasteiger partial charge in [-0.2, -0.15) is 0 Å². The van der Waals surface area contributed by atoms with Gasteiger partial charge in [-0.1, -0.05) is 6.07 Å². The summed E-state index contributed by atoms with van der Waals surface area (Å²) >= 11 is 0. The van der Waals surface area contributed by atoms with Crippen LogP contribution in [0.5, 0.6) is 0 Å². The molecule has 4 nitrogen and oxygen atoms in total. The fraction of sp³-hybridized carbons (Fsp3) is 0.462. The van der Waals surface area contributed by atoms with E-state index in [9.17, 15) is 4.79 Å². The zero-order valence-corrected chi connectivity index (χ0v) is 10.8. The second kappa shape index (κ2) is 5.08. The Labute approximate surface area is 102 Å². The summed E-state index contributed by atoms with van der Waals surface area (Å²) in [6.07, 6.45) is -0.409. The average Bonchev–Trinajstić information content (AvgIpc) is 2.13. The number of nitrogen functional groups attached to an aromatic ring is 1. The zero-order valence-electron chi connectivity index (χ0n) is 10.8. The van der Waals surface area contributed by atoms with Crippen molar-refractivity contribution in [3.63, 3.8) is 0 Å². The zero-order chi connectivity index (χ0) is 13.1. The van der Waals surface area contributed by atoms with Crippen LogP contribution in [-0.4, -0.2) is 11.7 Å². The molecule has 0 aliphatic rings. The van der Waals surface area contributed by atoms with E-state index >= 15 is 0 Å². The van der Waals surface area contributed by atoms with Gasteiger partial charge in [0.15, 0.2) is 0 Å². The minimum atomic E-state index is -0.472. The Bertz CT molecular complexity index is 408. The highest BCUT2D eigenvalue weighted by atomic mass is 16.6. The van der Waals surface area contributed by atoms with Gasteiger partial charge in [0.25, 0.3) is 0 Å². The van der Waals surface area contributed by atoms with Crippen molar-refractivity contribution >= 4 is 11.8 Å². The SMILES string of the molecule is Cc1cc(N)ccc1CNC(=O)OC(C)(C)C. The van der Waals surface area contributed by atoms with Gasteiger partial charge in [-0.05, 0) is 51.0 Å². The van der Waals surface area contributed by atoms with Crippen LogP contribution in [-0.2, 0) is 11.3 Å². The maximum absolute atomic E-state index is 11.5. The van der Waals surface area contributed by atoms with Gasteiger partial charge in [-0.3, -0.25) is 0 Å². The lowest BCUT2D eigenvalue weighted by Crippen LogP contribution is -2.32. The predicted molar refractivity (Wildman–Crippen MR) is 68.7 cm³/mol. The quantitative estimate of drug-likeness (QED) is 0.776. The Morgan fingerprint density at radius 2 is 2.06 bits per heavy atom. The Balaban J connectivity index is 2.53. The number of anilines is 1. The fourth-order valence-corrected chi connectivity index (χ4v) is 1.40. The molecule has 0 aliphatic carbocycles. The first-order valence-corrected chi connectivity index (χ1v) is 5.60. The maximum atomic E-state index is 11.5. The number of alkyl carbamates (subject to hydrolysis) is 1. The molecule has 0 heterocycles. The normalized spacial score (nSPS) is 11.1. The van der Waals surface area contributed by atoms with E-state index in [1.165, 1.54) is 0 Å². The molecule has 1 amide bonds. The Kier molecular flexibility index (Phi) is 3.99. The highest BCUT2D eigenvalue weighted by Crippen LogP contribution is 2.12. The predicted octanol–water partition coefficient (Wildman–Crippen LogP) is 2.60. The summed E-state index contributed by atoms with van der Waals surface area (Å²) in [4.78, 5) is 11.5. The first kappa shape index (κ1) is 13.4. The number of aryl methyl sites for hydroxylation is 1. The number of hydrogen-bond acceptors (Lipinski definition) is 3. The number of nitrogens with one attached hydrogen (secondary N) is 1. The number of rotatable bonds is 2. The molecule has 1 aromatic rings. The van der Waals surface area contributed by atoms with Crippen LogP contribution in [0.3, 0.4) is 0 Å². The van der Waals surface area contributed by atoms with Gasteiger partial charge in [0.2, 0.25) is 0 Å². The van der Waals surface area contributed by atoms with Crippen LogP contribution in [0.1, 0.15) is 31.9 Å². The number of carbonyl (C=O) groups excluding carboxylic acids is 1. The van der Waals surface area contributed by atoms with Crippen LogP contribution < -0.4 is 11.1 Å². The second-order valence-electron chi connectivity index (χ2n) is 5.04. The Morgan fingerprint density at radius 1 is 1.41 bits per heavy atom. The minimum Gasteiger partial charge on any atom is -0.444 e. The topological polar surface area (TPSA) is 64.3 Å². The van der Waals surface area contributed by atoms with E-state index < -0.39 is 11.7 Å². The average molecular weight is 236 g/mol. The smallest absolute Gasteiger partial charge is 0.407 e. The molecule has 0 atom stereocenters. The summed E-state index contributed by atoms with van der Waals surface area (Å²) in [6, 6.07) is 5.60. The summed E-state index contributed by atoms with van der Waals surface area (Å²) in [5, 5.41) is 2.71. The number of nitrogens with two attached hydrogens (primary N) is 1. The monoisotopic (exact) mass is 236 g/mol. The molecule has 0 aromatic heterocycles.